The Bertz CT molecular complexity index is 798. The smallest absolute Gasteiger partial charge is 0.238 e. The number of nitrogens with two attached hydrogens (primary N) is 1. The predicted molar refractivity (Wildman–Crippen MR) is 107 cm³/mol. The molecule has 154 valence electrons. The van der Waals surface area contributed by atoms with Crippen LogP contribution in [0.3, 0.4) is 0 Å². The van der Waals surface area contributed by atoms with Crippen LogP contribution >= 0.6 is 0 Å². The molecule has 7 nitrogen and oxygen atoms in total. The third-order valence-electron chi connectivity index (χ3n) is 5.07. The van der Waals surface area contributed by atoms with E-state index in [1.165, 1.54) is 12.1 Å². The highest BCUT2D eigenvalue weighted by Crippen LogP contribution is 2.24. The maximum absolute atomic E-state index is 11.9. The van der Waals surface area contributed by atoms with E-state index >= 15 is 0 Å². The van der Waals surface area contributed by atoms with Crippen LogP contribution in [0.1, 0.15) is 45.1 Å². The van der Waals surface area contributed by atoms with Crippen LogP contribution in [-0.4, -0.2) is 41.2 Å². The van der Waals surface area contributed by atoms with Gasteiger partial charge in [-0.3, -0.25) is 0 Å². The Morgan fingerprint density at radius 2 is 1.63 bits per heavy atom. The average molecular weight is 418 g/mol. The Morgan fingerprint density at radius 3 is 2.15 bits per heavy atom. The van der Waals surface area contributed by atoms with Crippen molar-refractivity contribution in [2.75, 3.05) is 13.1 Å². The first-order chi connectivity index (χ1) is 12.6. The van der Waals surface area contributed by atoms with Crippen molar-refractivity contribution in [3.8, 4) is 0 Å². The lowest BCUT2D eigenvalue weighted by molar-refractivity contribution is 0.303. The number of sulfonamides is 2. The minimum Gasteiger partial charge on any atom is -0.316 e. The third-order valence-corrected chi connectivity index (χ3v) is 7.91. The van der Waals surface area contributed by atoms with Gasteiger partial charge in [-0.1, -0.05) is 12.1 Å². The van der Waals surface area contributed by atoms with E-state index in [0.29, 0.717) is 5.92 Å². The van der Waals surface area contributed by atoms with Crippen molar-refractivity contribution in [1.29, 1.82) is 0 Å². The van der Waals surface area contributed by atoms with Gasteiger partial charge in [-0.25, -0.2) is 26.7 Å². The lowest BCUT2D eigenvalue weighted by Crippen LogP contribution is -2.42. The molecule has 0 heterocycles. The van der Waals surface area contributed by atoms with Gasteiger partial charge in [0.05, 0.1) is 10.1 Å². The van der Waals surface area contributed by atoms with Crippen LogP contribution in [0.4, 0.5) is 0 Å². The van der Waals surface area contributed by atoms with Crippen LogP contribution in [0.2, 0.25) is 0 Å². The number of hydrogen-bond acceptors (Lipinski definition) is 5. The summed E-state index contributed by atoms with van der Waals surface area (Å²) >= 11 is 0. The van der Waals surface area contributed by atoms with Crippen molar-refractivity contribution >= 4 is 20.0 Å². The maximum atomic E-state index is 11.9. The van der Waals surface area contributed by atoms with Gasteiger partial charge in [0, 0.05) is 6.04 Å². The van der Waals surface area contributed by atoms with Crippen LogP contribution in [0, 0.1) is 5.92 Å². The van der Waals surface area contributed by atoms with E-state index in [-0.39, 0.29) is 10.9 Å². The fourth-order valence-corrected chi connectivity index (χ4v) is 4.73. The summed E-state index contributed by atoms with van der Waals surface area (Å²) < 4.78 is 49.2. The topological polar surface area (TPSA) is 118 Å². The van der Waals surface area contributed by atoms with Gasteiger partial charge >= 0.3 is 0 Å². The molecule has 1 aromatic rings. The van der Waals surface area contributed by atoms with Gasteiger partial charge in [-0.15, -0.1) is 0 Å². The van der Waals surface area contributed by atoms with Gasteiger partial charge in [-0.2, -0.15) is 0 Å². The lowest BCUT2D eigenvalue weighted by atomic mass is 9.86. The maximum Gasteiger partial charge on any atom is 0.238 e. The number of rotatable bonds is 9. The van der Waals surface area contributed by atoms with E-state index in [4.69, 9.17) is 5.14 Å². The van der Waals surface area contributed by atoms with Crippen LogP contribution in [0.25, 0.3) is 0 Å². The SMILES string of the molecule is CC(C)S(=O)(=O)NC1CCC(CNCCc2ccc(S(N)(=O)=O)cc2)CC1. The molecule has 27 heavy (non-hydrogen) atoms. The molecule has 0 saturated heterocycles. The molecular formula is C18H31N3O4S2. The number of nitrogens with one attached hydrogen (secondary N) is 2. The lowest BCUT2D eigenvalue weighted by Gasteiger charge is -2.29. The molecule has 0 amide bonds. The fourth-order valence-electron chi connectivity index (χ4n) is 3.24. The van der Waals surface area contributed by atoms with Crippen molar-refractivity contribution in [2.45, 2.75) is 62.1 Å². The molecule has 1 aliphatic carbocycles. The molecule has 1 fully saturated rings. The standard InChI is InChI=1S/C18H31N3O4S2/c1-14(2)27(24,25)21-17-7-3-16(4-8-17)13-20-12-11-15-5-9-18(10-6-15)26(19,22)23/h5-6,9-10,14,16-17,20-21H,3-4,7-8,11-13H2,1-2H3,(H2,19,22,23). The van der Waals surface area contributed by atoms with Crippen LogP contribution < -0.4 is 15.2 Å². The fraction of sp³-hybridized carbons (Fsp3) is 0.667. The van der Waals surface area contributed by atoms with Crippen molar-refractivity contribution < 1.29 is 16.8 Å². The zero-order valence-corrected chi connectivity index (χ0v) is 17.7. The van der Waals surface area contributed by atoms with Gasteiger partial charge in [0.25, 0.3) is 0 Å². The summed E-state index contributed by atoms with van der Waals surface area (Å²) in [5.41, 5.74) is 1.06. The third kappa shape index (κ3) is 7.15. The highest BCUT2D eigenvalue weighted by molar-refractivity contribution is 7.90. The molecule has 1 saturated carbocycles. The van der Waals surface area contributed by atoms with Crippen molar-refractivity contribution in [2.24, 2.45) is 11.1 Å². The molecule has 0 radical (unpaired) electrons. The normalized spacial score (nSPS) is 21.5. The quantitative estimate of drug-likeness (QED) is 0.524. The monoisotopic (exact) mass is 417 g/mol. The van der Waals surface area contributed by atoms with Crippen LogP contribution in [0.15, 0.2) is 29.2 Å². The second-order valence-electron chi connectivity index (χ2n) is 7.57. The summed E-state index contributed by atoms with van der Waals surface area (Å²) in [6, 6.07) is 6.70. The molecule has 0 unspecified atom stereocenters. The Balaban J connectivity index is 1.66. The first kappa shape index (κ1) is 22.3. The Hall–Kier alpha value is -1.00. The van der Waals surface area contributed by atoms with Gasteiger partial charge < -0.3 is 5.32 Å². The molecule has 9 heteroatoms. The van der Waals surface area contributed by atoms with E-state index in [2.05, 4.69) is 10.0 Å². The number of hydrogen-bond donors (Lipinski definition) is 3. The molecule has 0 bridgehead atoms. The van der Waals surface area contributed by atoms with Crippen LogP contribution in [-0.2, 0) is 26.5 Å². The van der Waals surface area contributed by atoms with Crippen molar-refractivity contribution in [3.05, 3.63) is 29.8 Å². The second-order valence-corrected chi connectivity index (χ2v) is 11.4. The second kappa shape index (κ2) is 9.47. The highest BCUT2D eigenvalue weighted by atomic mass is 32.2. The molecule has 2 rings (SSSR count). The molecular weight excluding hydrogens is 386 g/mol. The molecule has 4 N–H and O–H groups in total. The van der Waals surface area contributed by atoms with Gasteiger partial charge in [-0.05, 0) is 82.7 Å². The van der Waals surface area contributed by atoms with E-state index < -0.39 is 25.3 Å². The molecule has 0 aromatic heterocycles. The van der Waals surface area contributed by atoms with E-state index in [9.17, 15) is 16.8 Å². The molecule has 1 aromatic carbocycles. The molecule has 0 spiro atoms. The first-order valence-corrected chi connectivity index (χ1v) is 12.5. The molecule has 0 aliphatic heterocycles. The zero-order chi connectivity index (χ0) is 20.1. The highest BCUT2D eigenvalue weighted by Gasteiger charge is 2.26. The van der Waals surface area contributed by atoms with Crippen molar-refractivity contribution in [3.63, 3.8) is 0 Å². The largest absolute Gasteiger partial charge is 0.316 e. The van der Waals surface area contributed by atoms with E-state index in [1.807, 2.05) is 0 Å². The van der Waals surface area contributed by atoms with Crippen LogP contribution in [0.5, 0.6) is 0 Å². The minimum absolute atomic E-state index is 0.0611. The van der Waals surface area contributed by atoms with Gasteiger partial charge in [0.2, 0.25) is 20.0 Å². The predicted octanol–water partition coefficient (Wildman–Crippen LogP) is 1.35. The summed E-state index contributed by atoms with van der Waals surface area (Å²) in [5.74, 6) is 0.564. The van der Waals surface area contributed by atoms with Gasteiger partial charge in [0.15, 0.2) is 0 Å². The van der Waals surface area contributed by atoms with E-state index in [0.717, 1.165) is 50.8 Å². The molecule has 1 aliphatic rings. The summed E-state index contributed by atoms with van der Waals surface area (Å²) in [5, 5.41) is 8.15. The minimum atomic E-state index is -3.64. The van der Waals surface area contributed by atoms with E-state index in [1.54, 1.807) is 26.0 Å². The average Bonchev–Trinajstić information content (AvgIpc) is 2.59. The first-order valence-electron chi connectivity index (χ1n) is 9.41. The molecule has 0 atom stereocenters. The summed E-state index contributed by atoms with van der Waals surface area (Å²) in [7, 11) is -6.83. The zero-order valence-electron chi connectivity index (χ0n) is 16.0. The number of primary sulfonamides is 1. The Labute approximate surface area is 163 Å². The van der Waals surface area contributed by atoms with Gasteiger partial charge in [0.1, 0.15) is 0 Å². The summed E-state index contributed by atoms with van der Waals surface area (Å²) in [6.07, 6.45) is 4.61. The van der Waals surface area contributed by atoms with Crippen molar-refractivity contribution in [1.82, 2.24) is 10.0 Å². The Kier molecular flexibility index (Phi) is 7.82. The Morgan fingerprint density at radius 1 is 1.04 bits per heavy atom. The number of benzene rings is 1. The summed E-state index contributed by atoms with van der Waals surface area (Å²) in [6.45, 7) is 5.12. The summed E-state index contributed by atoms with van der Waals surface area (Å²) in [4.78, 5) is 0.129.